The first-order chi connectivity index (χ1) is 12.8. The number of hydrogen-bond acceptors (Lipinski definition) is 2. The molecule has 27 heavy (non-hydrogen) atoms. The van der Waals surface area contributed by atoms with Crippen molar-refractivity contribution in [2.75, 3.05) is 5.32 Å². The summed E-state index contributed by atoms with van der Waals surface area (Å²) >= 11 is 1.19. The predicted octanol–water partition coefficient (Wildman–Crippen LogP) is 6.25. The van der Waals surface area contributed by atoms with Gasteiger partial charge in [0, 0.05) is 21.0 Å². The van der Waals surface area contributed by atoms with E-state index in [0.717, 1.165) is 17.0 Å². The number of anilines is 1. The Morgan fingerprint density at radius 3 is 2.15 bits per heavy atom. The highest BCUT2D eigenvalue weighted by atomic mass is 32.2. The highest BCUT2D eigenvalue weighted by molar-refractivity contribution is 7.99. The quantitative estimate of drug-likeness (QED) is 0.533. The standard InChI is InChI=1S/C20H13F4NOS/c21-15-6-4-13(5-7-15)19(26)25-16-8-10-17(11-9-16)27-18-3-1-2-14(12-18)20(22,23)24/h1-12H,(H,25,26). The summed E-state index contributed by atoms with van der Waals surface area (Å²) < 4.78 is 51.2. The number of halogens is 4. The Morgan fingerprint density at radius 1 is 0.852 bits per heavy atom. The Labute approximate surface area is 157 Å². The topological polar surface area (TPSA) is 29.1 Å². The van der Waals surface area contributed by atoms with E-state index in [-0.39, 0.29) is 5.91 Å². The molecule has 0 radical (unpaired) electrons. The molecular weight excluding hydrogens is 378 g/mol. The summed E-state index contributed by atoms with van der Waals surface area (Å²) in [5, 5.41) is 2.68. The van der Waals surface area contributed by atoms with Crippen LogP contribution in [0.1, 0.15) is 15.9 Å². The van der Waals surface area contributed by atoms with Gasteiger partial charge in [-0.2, -0.15) is 13.2 Å². The summed E-state index contributed by atoms with van der Waals surface area (Å²) in [5.74, 6) is -0.809. The lowest BCUT2D eigenvalue weighted by molar-refractivity contribution is -0.137. The van der Waals surface area contributed by atoms with Crippen LogP contribution in [0.25, 0.3) is 0 Å². The number of hydrogen-bond donors (Lipinski definition) is 1. The van der Waals surface area contributed by atoms with Gasteiger partial charge in [-0.15, -0.1) is 0 Å². The first-order valence-corrected chi connectivity index (χ1v) is 8.65. The molecule has 0 saturated carbocycles. The van der Waals surface area contributed by atoms with E-state index in [1.54, 1.807) is 30.3 Å². The molecule has 3 aromatic rings. The third-order valence-electron chi connectivity index (χ3n) is 3.62. The van der Waals surface area contributed by atoms with Crippen LogP contribution in [-0.2, 0) is 6.18 Å². The highest BCUT2D eigenvalue weighted by Crippen LogP contribution is 2.34. The molecule has 1 N–H and O–H groups in total. The average Bonchev–Trinajstić information content (AvgIpc) is 2.63. The molecule has 0 heterocycles. The van der Waals surface area contributed by atoms with Crippen molar-refractivity contribution in [1.29, 1.82) is 0 Å². The van der Waals surface area contributed by atoms with E-state index in [4.69, 9.17) is 0 Å². The van der Waals surface area contributed by atoms with Gasteiger partial charge >= 0.3 is 6.18 Å². The molecule has 0 saturated heterocycles. The summed E-state index contributed by atoms with van der Waals surface area (Å²) in [6, 6.07) is 16.9. The average molecular weight is 391 g/mol. The fourth-order valence-corrected chi connectivity index (χ4v) is 3.16. The molecule has 0 aliphatic carbocycles. The van der Waals surface area contributed by atoms with Crippen LogP contribution in [0.15, 0.2) is 82.6 Å². The molecule has 0 spiro atoms. The largest absolute Gasteiger partial charge is 0.416 e. The van der Waals surface area contributed by atoms with Crippen molar-refractivity contribution in [3.63, 3.8) is 0 Å². The Morgan fingerprint density at radius 2 is 1.52 bits per heavy atom. The zero-order chi connectivity index (χ0) is 19.4. The van der Waals surface area contributed by atoms with E-state index in [1.165, 1.54) is 42.1 Å². The first kappa shape index (κ1) is 19.0. The fraction of sp³-hybridized carbons (Fsp3) is 0.0500. The second-order valence-corrected chi connectivity index (χ2v) is 6.76. The number of carbonyl (C=O) groups excluding carboxylic acids is 1. The Bertz CT molecular complexity index is 937. The number of rotatable bonds is 4. The predicted molar refractivity (Wildman–Crippen MR) is 96.4 cm³/mol. The van der Waals surface area contributed by atoms with Gasteiger partial charge in [0.15, 0.2) is 0 Å². The van der Waals surface area contributed by atoms with Crippen LogP contribution in [0.3, 0.4) is 0 Å². The maximum Gasteiger partial charge on any atom is 0.416 e. The van der Waals surface area contributed by atoms with Gasteiger partial charge in [0.25, 0.3) is 5.91 Å². The van der Waals surface area contributed by atoms with Gasteiger partial charge in [0.1, 0.15) is 5.82 Å². The summed E-state index contributed by atoms with van der Waals surface area (Å²) in [4.78, 5) is 13.3. The molecule has 3 aromatic carbocycles. The molecule has 1 amide bonds. The third-order valence-corrected chi connectivity index (χ3v) is 4.61. The zero-order valence-electron chi connectivity index (χ0n) is 13.8. The maximum atomic E-state index is 12.9. The smallest absolute Gasteiger partial charge is 0.322 e. The minimum absolute atomic E-state index is 0.318. The van der Waals surface area contributed by atoms with Crippen LogP contribution in [0, 0.1) is 5.82 Å². The van der Waals surface area contributed by atoms with Crippen molar-refractivity contribution in [3.05, 3.63) is 89.7 Å². The third kappa shape index (κ3) is 5.10. The SMILES string of the molecule is O=C(Nc1ccc(Sc2cccc(C(F)(F)F)c2)cc1)c1ccc(F)cc1. The van der Waals surface area contributed by atoms with Crippen molar-refractivity contribution in [2.24, 2.45) is 0 Å². The molecule has 3 rings (SSSR count). The van der Waals surface area contributed by atoms with Gasteiger partial charge in [-0.05, 0) is 66.7 Å². The molecule has 0 unspecified atom stereocenters. The number of amides is 1. The van der Waals surface area contributed by atoms with Crippen molar-refractivity contribution in [2.45, 2.75) is 16.0 Å². The van der Waals surface area contributed by atoms with Crippen molar-refractivity contribution in [1.82, 2.24) is 0 Å². The normalized spacial score (nSPS) is 11.3. The molecule has 138 valence electrons. The van der Waals surface area contributed by atoms with Crippen molar-refractivity contribution < 1.29 is 22.4 Å². The molecule has 0 aromatic heterocycles. The Hall–Kier alpha value is -2.80. The lowest BCUT2D eigenvalue weighted by Crippen LogP contribution is -2.11. The van der Waals surface area contributed by atoms with Gasteiger partial charge in [-0.25, -0.2) is 4.39 Å². The lowest BCUT2D eigenvalue weighted by Gasteiger charge is -2.09. The molecule has 0 aliphatic heterocycles. The molecular formula is C20H13F4NOS. The summed E-state index contributed by atoms with van der Waals surface area (Å²) in [7, 11) is 0. The van der Waals surface area contributed by atoms with E-state index in [9.17, 15) is 22.4 Å². The molecule has 2 nitrogen and oxygen atoms in total. The minimum Gasteiger partial charge on any atom is -0.322 e. The number of nitrogens with one attached hydrogen (secondary N) is 1. The Balaban J connectivity index is 1.67. The molecule has 0 aliphatic rings. The number of alkyl halides is 3. The first-order valence-electron chi connectivity index (χ1n) is 7.83. The van der Waals surface area contributed by atoms with Crippen LogP contribution < -0.4 is 5.32 Å². The van der Waals surface area contributed by atoms with Crippen LogP contribution in [-0.4, -0.2) is 5.91 Å². The van der Waals surface area contributed by atoms with Crippen LogP contribution in [0.5, 0.6) is 0 Å². The summed E-state index contributed by atoms with van der Waals surface area (Å²) in [6.07, 6.45) is -4.38. The molecule has 7 heteroatoms. The summed E-state index contributed by atoms with van der Waals surface area (Å²) in [5.41, 5.74) is 0.146. The molecule has 0 bridgehead atoms. The van der Waals surface area contributed by atoms with Crippen LogP contribution >= 0.6 is 11.8 Å². The van der Waals surface area contributed by atoms with Crippen LogP contribution in [0.4, 0.5) is 23.2 Å². The second-order valence-electron chi connectivity index (χ2n) is 5.61. The zero-order valence-corrected chi connectivity index (χ0v) is 14.6. The van der Waals surface area contributed by atoms with Gasteiger partial charge in [0.2, 0.25) is 0 Å². The van der Waals surface area contributed by atoms with Gasteiger partial charge < -0.3 is 5.32 Å². The van der Waals surface area contributed by atoms with E-state index in [1.807, 2.05) is 0 Å². The molecule has 0 atom stereocenters. The second kappa shape index (κ2) is 7.84. The van der Waals surface area contributed by atoms with Gasteiger partial charge in [0.05, 0.1) is 5.56 Å². The van der Waals surface area contributed by atoms with Crippen LogP contribution in [0.2, 0.25) is 0 Å². The van der Waals surface area contributed by atoms with E-state index < -0.39 is 17.6 Å². The summed E-state index contributed by atoms with van der Waals surface area (Å²) in [6.45, 7) is 0. The fourth-order valence-electron chi connectivity index (χ4n) is 2.28. The minimum atomic E-state index is -4.38. The van der Waals surface area contributed by atoms with Gasteiger partial charge in [-0.1, -0.05) is 17.8 Å². The lowest BCUT2D eigenvalue weighted by atomic mass is 10.2. The van der Waals surface area contributed by atoms with E-state index in [0.29, 0.717) is 16.1 Å². The number of benzene rings is 3. The monoisotopic (exact) mass is 391 g/mol. The van der Waals surface area contributed by atoms with Crippen molar-refractivity contribution >= 4 is 23.4 Å². The maximum absolute atomic E-state index is 12.9. The van der Waals surface area contributed by atoms with Crippen molar-refractivity contribution in [3.8, 4) is 0 Å². The van der Waals surface area contributed by atoms with E-state index >= 15 is 0 Å². The Kier molecular flexibility index (Phi) is 5.51. The van der Waals surface area contributed by atoms with E-state index in [2.05, 4.69) is 5.32 Å². The number of carbonyl (C=O) groups is 1. The highest BCUT2D eigenvalue weighted by Gasteiger charge is 2.30. The molecule has 0 fully saturated rings. The van der Waals surface area contributed by atoms with Gasteiger partial charge in [-0.3, -0.25) is 4.79 Å².